The highest BCUT2D eigenvalue weighted by molar-refractivity contribution is 7.85. The molecule has 2 nitrogen and oxygen atoms in total. The van der Waals surface area contributed by atoms with Crippen molar-refractivity contribution in [1.29, 1.82) is 0 Å². The topological polar surface area (TPSA) is 34.1 Å². The Hall–Kier alpha value is -0.610. The van der Waals surface area contributed by atoms with Crippen LogP contribution in [0, 0.1) is 6.92 Å². The van der Waals surface area contributed by atoms with Crippen LogP contribution >= 0.6 is 11.6 Å². The molecule has 1 rings (SSSR count). The molecule has 0 heterocycles. The second-order valence-electron chi connectivity index (χ2n) is 2.78. The summed E-state index contributed by atoms with van der Waals surface area (Å²) in [4.78, 5) is 0. The van der Waals surface area contributed by atoms with E-state index in [-0.39, 0.29) is 5.02 Å². The number of benzene rings is 1. The number of hydrogen-bond acceptors (Lipinski definition) is 2. The summed E-state index contributed by atoms with van der Waals surface area (Å²) in [6.07, 6.45) is 0. The Bertz CT molecular complexity index is 414. The van der Waals surface area contributed by atoms with Gasteiger partial charge in [0.15, 0.2) is 0 Å². The second kappa shape index (κ2) is 3.64. The average molecular weight is 223 g/mol. The summed E-state index contributed by atoms with van der Waals surface area (Å²) >= 11 is 5.67. The lowest BCUT2D eigenvalue weighted by molar-refractivity contribution is 0.551. The van der Waals surface area contributed by atoms with Gasteiger partial charge in [-0.2, -0.15) is 8.42 Å². The number of rotatable bonds is 2. The molecule has 0 aliphatic heterocycles. The van der Waals surface area contributed by atoms with Gasteiger partial charge in [0.25, 0.3) is 0 Å². The normalized spacial score (nSPS) is 11.6. The molecule has 1 aromatic carbocycles. The summed E-state index contributed by atoms with van der Waals surface area (Å²) in [6, 6.07) is 4.84. The number of hydrogen-bond donors (Lipinski definition) is 0. The molecule has 0 radical (unpaired) electrons. The largest absolute Gasteiger partial charge is 0.306 e. The van der Waals surface area contributed by atoms with Crippen LogP contribution < -0.4 is 0 Å². The van der Waals surface area contributed by atoms with E-state index < -0.39 is 16.0 Å². The molecule has 0 unspecified atom stereocenters. The molecule has 0 N–H and O–H groups in total. The molecule has 72 valence electrons. The summed E-state index contributed by atoms with van der Waals surface area (Å²) in [6.45, 7) is 1.78. The molecular formula is C8H8ClFO2S. The Morgan fingerprint density at radius 1 is 1.46 bits per heavy atom. The highest BCUT2D eigenvalue weighted by Gasteiger charge is 2.11. The van der Waals surface area contributed by atoms with E-state index in [1.807, 2.05) is 0 Å². The van der Waals surface area contributed by atoms with Crippen molar-refractivity contribution in [3.63, 3.8) is 0 Å². The van der Waals surface area contributed by atoms with Gasteiger partial charge in [-0.3, -0.25) is 0 Å². The van der Waals surface area contributed by atoms with Crippen molar-refractivity contribution >= 4 is 21.8 Å². The van der Waals surface area contributed by atoms with Gasteiger partial charge in [-0.25, -0.2) is 0 Å². The third-order valence-corrected chi connectivity index (χ3v) is 2.55. The van der Waals surface area contributed by atoms with E-state index in [0.29, 0.717) is 5.56 Å². The smallest absolute Gasteiger partial charge is 0.194 e. The standard InChI is InChI=1S/C8H8ClFO2S/c1-6-2-3-8(9)7(4-6)5-13(10,11)12/h2-4H,5H2,1H3. The van der Waals surface area contributed by atoms with Gasteiger partial charge in [0, 0.05) is 5.02 Å². The molecule has 0 aliphatic carbocycles. The van der Waals surface area contributed by atoms with Crippen molar-refractivity contribution in [2.75, 3.05) is 0 Å². The van der Waals surface area contributed by atoms with Crippen molar-refractivity contribution in [3.8, 4) is 0 Å². The Morgan fingerprint density at radius 3 is 2.62 bits per heavy atom. The van der Waals surface area contributed by atoms with E-state index in [1.165, 1.54) is 0 Å². The lowest BCUT2D eigenvalue weighted by atomic mass is 10.2. The molecular weight excluding hydrogens is 215 g/mol. The van der Waals surface area contributed by atoms with Crippen LogP contribution in [0.5, 0.6) is 0 Å². The van der Waals surface area contributed by atoms with Crippen LogP contribution in [0.4, 0.5) is 3.89 Å². The van der Waals surface area contributed by atoms with Gasteiger partial charge in [0.1, 0.15) is 5.75 Å². The molecule has 0 atom stereocenters. The van der Waals surface area contributed by atoms with Crippen molar-refractivity contribution in [3.05, 3.63) is 34.3 Å². The first-order chi connectivity index (χ1) is 5.88. The maximum atomic E-state index is 12.3. The summed E-state index contributed by atoms with van der Waals surface area (Å²) in [5.41, 5.74) is 1.15. The zero-order chi connectivity index (χ0) is 10.1. The third-order valence-electron chi connectivity index (χ3n) is 1.53. The molecule has 0 aromatic heterocycles. The Kier molecular flexibility index (Phi) is 2.93. The van der Waals surface area contributed by atoms with Gasteiger partial charge in [-0.05, 0) is 18.6 Å². The van der Waals surface area contributed by atoms with Crippen molar-refractivity contribution in [2.24, 2.45) is 0 Å². The van der Waals surface area contributed by atoms with Gasteiger partial charge < -0.3 is 0 Å². The predicted molar refractivity (Wildman–Crippen MR) is 49.9 cm³/mol. The van der Waals surface area contributed by atoms with E-state index in [9.17, 15) is 12.3 Å². The molecule has 0 saturated heterocycles. The Balaban J connectivity index is 3.08. The van der Waals surface area contributed by atoms with Gasteiger partial charge in [0.2, 0.25) is 0 Å². The van der Waals surface area contributed by atoms with Crippen molar-refractivity contribution in [1.82, 2.24) is 0 Å². The van der Waals surface area contributed by atoms with Crippen LogP contribution in [0.2, 0.25) is 5.02 Å². The maximum Gasteiger partial charge on any atom is 0.306 e. The fraction of sp³-hybridized carbons (Fsp3) is 0.250. The molecule has 0 amide bonds. The van der Waals surface area contributed by atoms with Crippen LogP contribution in [0.25, 0.3) is 0 Å². The van der Waals surface area contributed by atoms with Crippen LogP contribution in [-0.2, 0) is 16.0 Å². The van der Waals surface area contributed by atoms with Gasteiger partial charge in [-0.1, -0.05) is 29.3 Å². The monoisotopic (exact) mass is 222 g/mol. The Labute approximate surface area is 81.6 Å². The summed E-state index contributed by atoms with van der Waals surface area (Å²) in [5, 5.41) is 0.270. The van der Waals surface area contributed by atoms with Crippen molar-refractivity contribution < 1.29 is 12.3 Å². The maximum absolute atomic E-state index is 12.3. The van der Waals surface area contributed by atoms with E-state index in [2.05, 4.69) is 0 Å². The molecule has 0 fully saturated rings. The van der Waals surface area contributed by atoms with Crippen molar-refractivity contribution in [2.45, 2.75) is 12.7 Å². The van der Waals surface area contributed by atoms with E-state index in [1.54, 1.807) is 25.1 Å². The number of halogens is 2. The summed E-state index contributed by atoms with van der Waals surface area (Å²) in [5.74, 6) is -0.659. The first-order valence-corrected chi connectivity index (χ1v) is 5.49. The van der Waals surface area contributed by atoms with E-state index >= 15 is 0 Å². The molecule has 0 spiro atoms. The van der Waals surface area contributed by atoms with Gasteiger partial charge >= 0.3 is 10.2 Å². The minimum atomic E-state index is -4.50. The molecule has 0 aliphatic rings. The summed E-state index contributed by atoms with van der Waals surface area (Å²) < 4.78 is 33.0. The van der Waals surface area contributed by atoms with E-state index in [0.717, 1.165) is 5.56 Å². The molecule has 0 bridgehead atoms. The SMILES string of the molecule is Cc1ccc(Cl)c(CS(=O)(=O)F)c1. The fourth-order valence-electron chi connectivity index (χ4n) is 1.000. The highest BCUT2D eigenvalue weighted by Crippen LogP contribution is 2.20. The highest BCUT2D eigenvalue weighted by atomic mass is 35.5. The third kappa shape index (κ3) is 3.32. The van der Waals surface area contributed by atoms with E-state index in [4.69, 9.17) is 11.6 Å². The number of aryl methyl sites for hydroxylation is 1. The zero-order valence-corrected chi connectivity index (χ0v) is 8.49. The predicted octanol–water partition coefficient (Wildman–Crippen LogP) is 2.45. The molecule has 1 aromatic rings. The van der Waals surface area contributed by atoms with Gasteiger partial charge in [-0.15, -0.1) is 3.89 Å². The first kappa shape index (κ1) is 10.5. The Morgan fingerprint density at radius 2 is 2.08 bits per heavy atom. The molecule has 5 heteroatoms. The zero-order valence-electron chi connectivity index (χ0n) is 6.92. The first-order valence-electron chi connectivity index (χ1n) is 3.56. The van der Waals surface area contributed by atoms with Gasteiger partial charge in [0.05, 0.1) is 0 Å². The van der Waals surface area contributed by atoms with Crippen LogP contribution in [0.15, 0.2) is 18.2 Å². The lowest BCUT2D eigenvalue weighted by Crippen LogP contribution is -1.97. The summed E-state index contributed by atoms with van der Waals surface area (Å²) in [7, 11) is -4.50. The van der Waals surface area contributed by atoms with Crippen LogP contribution in [0.3, 0.4) is 0 Å². The fourth-order valence-corrected chi connectivity index (χ4v) is 1.87. The van der Waals surface area contributed by atoms with Crippen LogP contribution in [0.1, 0.15) is 11.1 Å². The molecule has 13 heavy (non-hydrogen) atoms. The minimum absolute atomic E-state index is 0.270. The second-order valence-corrected chi connectivity index (χ2v) is 4.55. The molecule has 0 saturated carbocycles. The lowest BCUT2D eigenvalue weighted by Gasteiger charge is -2.01. The minimum Gasteiger partial charge on any atom is -0.194 e. The van der Waals surface area contributed by atoms with Crippen LogP contribution in [-0.4, -0.2) is 8.42 Å². The quantitative estimate of drug-likeness (QED) is 0.721. The average Bonchev–Trinajstić information content (AvgIpc) is 1.94.